The Morgan fingerprint density at radius 2 is 2.06 bits per heavy atom. The van der Waals surface area contributed by atoms with Crippen molar-refractivity contribution in [3.8, 4) is 11.4 Å². The minimum Gasteiger partial charge on any atom is -0.384 e. The van der Waals surface area contributed by atoms with Crippen LogP contribution in [0.4, 0.5) is 5.69 Å². The molecule has 0 aliphatic rings. The average Bonchev–Trinajstić information content (AvgIpc) is 2.76. The van der Waals surface area contributed by atoms with Crippen molar-refractivity contribution in [2.24, 2.45) is 13.0 Å². The molecule has 0 unspecified atom stereocenters. The summed E-state index contributed by atoms with van der Waals surface area (Å²) in [6.07, 6.45) is 2.88. The highest BCUT2D eigenvalue weighted by Gasteiger charge is 2.09. The maximum atomic E-state index is 4.16. The fourth-order valence-corrected chi connectivity index (χ4v) is 1.85. The zero-order chi connectivity index (χ0) is 13.0. The third-order valence-electron chi connectivity index (χ3n) is 2.92. The van der Waals surface area contributed by atoms with Gasteiger partial charge in [0.1, 0.15) is 6.33 Å². The van der Waals surface area contributed by atoms with Crippen molar-refractivity contribution in [2.75, 3.05) is 11.9 Å². The molecule has 0 aliphatic heterocycles. The van der Waals surface area contributed by atoms with Crippen molar-refractivity contribution in [3.05, 3.63) is 30.6 Å². The van der Waals surface area contributed by atoms with E-state index in [0.717, 1.165) is 30.0 Å². The Balaban J connectivity index is 2.18. The molecular weight excluding hydrogens is 224 g/mol. The first-order chi connectivity index (χ1) is 8.68. The molecule has 0 saturated heterocycles. The van der Waals surface area contributed by atoms with Gasteiger partial charge in [-0.15, -0.1) is 10.2 Å². The number of aryl methyl sites for hydroxylation is 1. The number of para-hydroxylation sites is 1. The summed E-state index contributed by atoms with van der Waals surface area (Å²) in [5.41, 5.74) is 2.22. The Bertz CT molecular complexity index is 502. The lowest BCUT2D eigenvalue weighted by atomic mass is 10.1. The fraction of sp³-hybridized carbons (Fsp3) is 0.429. The molecule has 2 rings (SSSR count). The van der Waals surface area contributed by atoms with Gasteiger partial charge in [0.15, 0.2) is 5.82 Å². The van der Waals surface area contributed by atoms with Gasteiger partial charge in [-0.05, 0) is 24.5 Å². The Morgan fingerprint density at radius 3 is 2.72 bits per heavy atom. The van der Waals surface area contributed by atoms with E-state index in [4.69, 9.17) is 0 Å². The van der Waals surface area contributed by atoms with Crippen LogP contribution in [-0.4, -0.2) is 21.3 Å². The highest BCUT2D eigenvalue weighted by Crippen LogP contribution is 2.25. The molecule has 0 fully saturated rings. The molecule has 18 heavy (non-hydrogen) atoms. The summed E-state index contributed by atoms with van der Waals surface area (Å²) in [6, 6.07) is 8.22. The quantitative estimate of drug-likeness (QED) is 0.879. The maximum absolute atomic E-state index is 4.16. The first-order valence-corrected chi connectivity index (χ1v) is 6.35. The van der Waals surface area contributed by atoms with E-state index in [-0.39, 0.29) is 0 Å². The summed E-state index contributed by atoms with van der Waals surface area (Å²) in [5, 5.41) is 11.6. The SMILES string of the molecule is CC(C)CCNc1ccccc1-c1nncn1C. The highest BCUT2D eigenvalue weighted by molar-refractivity contribution is 5.73. The van der Waals surface area contributed by atoms with E-state index in [1.807, 2.05) is 23.7 Å². The predicted octanol–water partition coefficient (Wildman–Crippen LogP) is 2.94. The number of nitrogens with zero attached hydrogens (tertiary/aromatic N) is 3. The van der Waals surface area contributed by atoms with Crippen LogP contribution in [0.1, 0.15) is 20.3 Å². The van der Waals surface area contributed by atoms with Crippen LogP contribution in [0.2, 0.25) is 0 Å². The van der Waals surface area contributed by atoms with E-state index in [1.54, 1.807) is 6.33 Å². The Hall–Kier alpha value is -1.84. The van der Waals surface area contributed by atoms with Gasteiger partial charge in [0, 0.05) is 24.8 Å². The van der Waals surface area contributed by atoms with E-state index >= 15 is 0 Å². The Labute approximate surface area is 108 Å². The van der Waals surface area contributed by atoms with Crippen LogP contribution in [0.3, 0.4) is 0 Å². The molecule has 1 aromatic heterocycles. The summed E-state index contributed by atoms with van der Waals surface area (Å²) < 4.78 is 1.93. The molecule has 1 aromatic carbocycles. The fourth-order valence-electron chi connectivity index (χ4n) is 1.85. The standard InChI is InChI=1S/C14H20N4/c1-11(2)8-9-15-13-7-5-4-6-12(13)14-17-16-10-18(14)3/h4-7,10-11,15H,8-9H2,1-3H3. The summed E-state index contributed by atoms with van der Waals surface area (Å²) in [5.74, 6) is 1.60. The molecule has 0 bridgehead atoms. The monoisotopic (exact) mass is 244 g/mol. The van der Waals surface area contributed by atoms with Gasteiger partial charge in [0.25, 0.3) is 0 Å². The van der Waals surface area contributed by atoms with Crippen molar-refractivity contribution in [1.29, 1.82) is 0 Å². The topological polar surface area (TPSA) is 42.7 Å². The van der Waals surface area contributed by atoms with Crippen LogP contribution in [0.5, 0.6) is 0 Å². The van der Waals surface area contributed by atoms with Crippen LogP contribution in [-0.2, 0) is 7.05 Å². The molecule has 0 radical (unpaired) electrons. The molecule has 0 atom stereocenters. The number of aromatic nitrogens is 3. The Morgan fingerprint density at radius 1 is 1.28 bits per heavy atom. The minimum atomic E-state index is 0.708. The number of hydrogen-bond acceptors (Lipinski definition) is 3. The summed E-state index contributed by atoms with van der Waals surface area (Å²) in [7, 11) is 1.96. The second-order valence-corrected chi connectivity index (χ2v) is 4.92. The molecule has 1 N–H and O–H groups in total. The second-order valence-electron chi connectivity index (χ2n) is 4.92. The lowest BCUT2D eigenvalue weighted by molar-refractivity contribution is 0.607. The molecule has 0 spiro atoms. The molecule has 0 aliphatic carbocycles. The third kappa shape index (κ3) is 2.88. The lowest BCUT2D eigenvalue weighted by Crippen LogP contribution is -2.06. The van der Waals surface area contributed by atoms with Crippen LogP contribution in [0.25, 0.3) is 11.4 Å². The molecule has 1 heterocycles. The van der Waals surface area contributed by atoms with Crippen molar-refractivity contribution in [1.82, 2.24) is 14.8 Å². The van der Waals surface area contributed by atoms with Crippen LogP contribution in [0, 0.1) is 5.92 Å². The van der Waals surface area contributed by atoms with Gasteiger partial charge in [0.2, 0.25) is 0 Å². The van der Waals surface area contributed by atoms with Crippen LogP contribution >= 0.6 is 0 Å². The minimum absolute atomic E-state index is 0.708. The molecular formula is C14H20N4. The maximum Gasteiger partial charge on any atom is 0.165 e. The van der Waals surface area contributed by atoms with E-state index in [1.165, 1.54) is 0 Å². The van der Waals surface area contributed by atoms with E-state index in [9.17, 15) is 0 Å². The van der Waals surface area contributed by atoms with Gasteiger partial charge in [-0.2, -0.15) is 0 Å². The van der Waals surface area contributed by atoms with Gasteiger partial charge in [-0.1, -0.05) is 26.0 Å². The van der Waals surface area contributed by atoms with E-state index < -0.39 is 0 Å². The van der Waals surface area contributed by atoms with Crippen molar-refractivity contribution < 1.29 is 0 Å². The molecule has 2 aromatic rings. The van der Waals surface area contributed by atoms with Crippen LogP contribution < -0.4 is 5.32 Å². The van der Waals surface area contributed by atoms with Gasteiger partial charge in [0.05, 0.1) is 0 Å². The number of hydrogen-bond donors (Lipinski definition) is 1. The summed E-state index contributed by atoms with van der Waals surface area (Å²) >= 11 is 0. The first-order valence-electron chi connectivity index (χ1n) is 6.35. The number of rotatable bonds is 5. The summed E-state index contributed by atoms with van der Waals surface area (Å²) in [6.45, 7) is 5.44. The largest absolute Gasteiger partial charge is 0.384 e. The molecule has 4 nitrogen and oxygen atoms in total. The summed E-state index contributed by atoms with van der Waals surface area (Å²) in [4.78, 5) is 0. The zero-order valence-electron chi connectivity index (χ0n) is 11.2. The van der Waals surface area contributed by atoms with Gasteiger partial charge in [-0.25, -0.2) is 0 Å². The zero-order valence-corrected chi connectivity index (χ0v) is 11.2. The van der Waals surface area contributed by atoms with Gasteiger partial charge in [-0.3, -0.25) is 0 Å². The third-order valence-corrected chi connectivity index (χ3v) is 2.92. The van der Waals surface area contributed by atoms with Gasteiger partial charge >= 0.3 is 0 Å². The van der Waals surface area contributed by atoms with E-state index in [2.05, 4.69) is 41.5 Å². The molecule has 0 amide bonds. The molecule has 96 valence electrons. The average molecular weight is 244 g/mol. The molecule has 4 heteroatoms. The normalized spacial score (nSPS) is 10.9. The van der Waals surface area contributed by atoms with Crippen molar-refractivity contribution in [3.63, 3.8) is 0 Å². The second kappa shape index (κ2) is 5.67. The van der Waals surface area contributed by atoms with Gasteiger partial charge < -0.3 is 9.88 Å². The smallest absolute Gasteiger partial charge is 0.165 e. The lowest BCUT2D eigenvalue weighted by Gasteiger charge is -2.12. The van der Waals surface area contributed by atoms with E-state index in [0.29, 0.717) is 5.92 Å². The number of anilines is 1. The van der Waals surface area contributed by atoms with Crippen molar-refractivity contribution >= 4 is 5.69 Å². The predicted molar refractivity (Wildman–Crippen MR) is 74.4 cm³/mol. The Kier molecular flexibility index (Phi) is 3.97. The highest BCUT2D eigenvalue weighted by atomic mass is 15.2. The first kappa shape index (κ1) is 12.6. The number of nitrogens with one attached hydrogen (secondary N) is 1. The molecule has 0 saturated carbocycles. The number of benzene rings is 1. The van der Waals surface area contributed by atoms with Crippen molar-refractivity contribution in [2.45, 2.75) is 20.3 Å². The van der Waals surface area contributed by atoms with Crippen LogP contribution in [0.15, 0.2) is 30.6 Å².